The van der Waals surface area contributed by atoms with E-state index >= 15 is 0 Å². The standard InChI is InChI=1S/C11H12N2O3S/c1-16-8-5-3-2-4-7(8)10(12)13-9(14)6-17-11(13)15/h2-5,10H,6,12H2,1H3. The maximum absolute atomic E-state index is 11.6. The highest BCUT2D eigenvalue weighted by atomic mass is 32.2. The molecule has 2 N–H and O–H groups in total. The number of para-hydroxylation sites is 1. The van der Waals surface area contributed by atoms with Gasteiger partial charge in [0, 0.05) is 5.56 Å². The highest BCUT2D eigenvalue weighted by molar-refractivity contribution is 8.14. The SMILES string of the molecule is COc1ccccc1C(N)N1C(=O)CSC1=O. The third-order valence-corrected chi connectivity index (χ3v) is 3.36. The monoisotopic (exact) mass is 252 g/mol. The van der Waals surface area contributed by atoms with Crippen molar-refractivity contribution in [2.24, 2.45) is 5.73 Å². The van der Waals surface area contributed by atoms with Gasteiger partial charge in [0.1, 0.15) is 11.9 Å². The summed E-state index contributed by atoms with van der Waals surface area (Å²) >= 11 is 0.967. The first-order valence-corrected chi connectivity index (χ1v) is 6.01. The fourth-order valence-electron chi connectivity index (χ4n) is 1.68. The maximum Gasteiger partial charge on any atom is 0.290 e. The minimum atomic E-state index is -0.791. The lowest BCUT2D eigenvalue weighted by Crippen LogP contribution is -2.38. The molecule has 0 radical (unpaired) electrons. The molecule has 1 fully saturated rings. The Balaban J connectivity index is 2.33. The second-order valence-electron chi connectivity index (χ2n) is 3.51. The number of benzene rings is 1. The van der Waals surface area contributed by atoms with Crippen LogP contribution < -0.4 is 10.5 Å². The average molecular weight is 252 g/mol. The molecule has 0 spiro atoms. The van der Waals surface area contributed by atoms with Gasteiger partial charge in [0.15, 0.2) is 0 Å². The summed E-state index contributed by atoms with van der Waals surface area (Å²) in [6.07, 6.45) is -0.791. The zero-order valence-electron chi connectivity index (χ0n) is 9.25. The number of hydrogen-bond donors (Lipinski definition) is 1. The van der Waals surface area contributed by atoms with Crippen molar-refractivity contribution in [3.63, 3.8) is 0 Å². The largest absolute Gasteiger partial charge is 0.496 e. The molecule has 1 saturated heterocycles. The summed E-state index contributed by atoms with van der Waals surface area (Å²) in [6, 6.07) is 7.08. The Labute approximate surface area is 103 Å². The smallest absolute Gasteiger partial charge is 0.290 e. The number of nitrogens with two attached hydrogens (primary N) is 1. The van der Waals surface area contributed by atoms with E-state index in [-0.39, 0.29) is 16.9 Å². The van der Waals surface area contributed by atoms with Crippen molar-refractivity contribution in [1.82, 2.24) is 4.90 Å². The normalized spacial score (nSPS) is 17.4. The van der Waals surface area contributed by atoms with E-state index in [4.69, 9.17) is 10.5 Å². The molecule has 1 heterocycles. The van der Waals surface area contributed by atoms with Crippen LogP contribution in [0.5, 0.6) is 5.75 Å². The van der Waals surface area contributed by atoms with Crippen molar-refractivity contribution in [2.75, 3.05) is 12.9 Å². The van der Waals surface area contributed by atoms with Gasteiger partial charge in [-0.1, -0.05) is 30.0 Å². The first-order valence-electron chi connectivity index (χ1n) is 5.02. The second-order valence-corrected chi connectivity index (χ2v) is 4.43. The van der Waals surface area contributed by atoms with Crippen LogP contribution in [0, 0.1) is 0 Å². The van der Waals surface area contributed by atoms with Crippen molar-refractivity contribution in [1.29, 1.82) is 0 Å². The van der Waals surface area contributed by atoms with Gasteiger partial charge in [0.2, 0.25) is 5.91 Å². The number of nitrogens with zero attached hydrogens (tertiary/aromatic N) is 1. The van der Waals surface area contributed by atoms with Crippen molar-refractivity contribution in [2.45, 2.75) is 6.17 Å². The summed E-state index contributed by atoms with van der Waals surface area (Å²) in [5, 5.41) is -0.312. The van der Waals surface area contributed by atoms with Gasteiger partial charge in [-0.2, -0.15) is 0 Å². The third kappa shape index (κ3) is 2.13. The molecule has 2 rings (SSSR count). The van der Waals surface area contributed by atoms with Crippen LogP contribution in [0.3, 0.4) is 0 Å². The van der Waals surface area contributed by atoms with Crippen molar-refractivity contribution >= 4 is 22.9 Å². The number of thioether (sulfide) groups is 1. The molecule has 1 aliphatic rings. The Bertz CT molecular complexity index is 448. The number of hydrogen-bond acceptors (Lipinski definition) is 5. The predicted octanol–water partition coefficient (Wildman–Crippen LogP) is 1.35. The summed E-state index contributed by atoms with van der Waals surface area (Å²) < 4.78 is 5.16. The number of carbonyl (C=O) groups is 2. The zero-order valence-corrected chi connectivity index (χ0v) is 10.1. The molecular weight excluding hydrogens is 240 g/mol. The van der Waals surface area contributed by atoms with Gasteiger partial charge in [-0.15, -0.1) is 0 Å². The molecular formula is C11H12N2O3S. The molecule has 17 heavy (non-hydrogen) atoms. The number of rotatable bonds is 3. The quantitative estimate of drug-likeness (QED) is 0.879. The van der Waals surface area contributed by atoms with Crippen LogP contribution >= 0.6 is 11.8 Å². The second kappa shape index (κ2) is 4.77. The Kier molecular flexibility index (Phi) is 3.35. The highest BCUT2D eigenvalue weighted by Crippen LogP contribution is 2.31. The summed E-state index contributed by atoms with van der Waals surface area (Å²) in [5.41, 5.74) is 6.57. The lowest BCUT2D eigenvalue weighted by molar-refractivity contribution is -0.126. The fourth-order valence-corrected chi connectivity index (χ4v) is 2.42. The summed E-state index contributed by atoms with van der Waals surface area (Å²) in [6.45, 7) is 0. The summed E-state index contributed by atoms with van der Waals surface area (Å²) in [4.78, 5) is 24.2. The minimum Gasteiger partial charge on any atom is -0.496 e. The van der Waals surface area contributed by atoms with Gasteiger partial charge in [0.25, 0.3) is 5.24 Å². The van der Waals surface area contributed by atoms with E-state index in [1.54, 1.807) is 24.3 Å². The lowest BCUT2D eigenvalue weighted by atomic mass is 10.1. The molecule has 0 aliphatic carbocycles. The van der Waals surface area contributed by atoms with Crippen molar-refractivity contribution in [3.05, 3.63) is 29.8 Å². The van der Waals surface area contributed by atoms with E-state index in [9.17, 15) is 9.59 Å². The Hall–Kier alpha value is -1.53. The lowest BCUT2D eigenvalue weighted by Gasteiger charge is -2.23. The van der Waals surface area contributed by atoms with Gasteiger partial charge in [-0.25, -0.2) is 0 Å². The van der Waals surface area contributed by atoms with Crippen molar-refractivity contribution < 1.29 is 14.3 Å². The molecule has 90 valence electrons. The van der Waals surface area contributed by atoms with Gasteiger partial charge >= 0.3 is 0 Å². The molecule has 5 nitrogen and oxygen atoms in total. The molecule has 0 aromatic heterocycles. The number of ether oxygens (including phenoxy) is 1. The molecule has 0 bridgehead atoms. The fraction of sp³-hybridized carbons (Fsp3) is 0.273. The highest BCUT2D eigenvalue weighted by Gasteiger charge is 2.35. The van der Waals surface area contributed by atoms with Crippen LogP contribution in [0.15, 0.2) is 24.3 Å². The van der Waals surface area contributed by atoms with E-state index in [1.807, 2.05) is 0 Å². The molecule has 1 aromatic rings. The molecule has 1 unspecified atom stereocenters. The van der Waals surface area contributed by atoms with Crippen LogP contribution in [0.4, 0.5) is 4.79 Å². The van der Waals surface area contributed by atoms with Crippen molar-refractivity contribution in [3.8, 4) is 5.75 Å². The maximum atomic E-state index is 11.6. The molecule has 1 atom stereocenters. The van der Waals surface area contributed by atoms with Gasteiger partial charge < -0.3 is 10.5 Å². The summed E-state index contributed by atoms with van der Waals surface area (Å²) in [5.74, 6) is 0.456. The topological polar surface area (TPSA) is 72.6 Å². The van der Waals surface area contributed by atoms with Crippen LogP contribution in [0.25, 0.3) is 0 Å². The molecule has 1 aromatic carbocycles. The number of amides is 2. The van der Waals surface area contributed by atoms with Gasteiger partial charge in [-0.3, -0.25) is 14.5 Å². The molecule has 6 heteroatoms. The molecule has 1 aliphatic heterocycles. The first-order chi connectivity index (χ1) is 8.15. The number of imide groups is 1. The van der Waals surface area contributed by atoms with Gasteiger partial charge in [-0.05, 0) is 6.07 Å². The van der Waals surface area contributed by atoms with Crippen LogP contribution in [0.1, 0.15) is 11.7 Å². The van der Waals surface area contributed by atoms with E-state index in [0.29, 0.717) is 11.3 Å². The average Bonchev–Trinajstić information content (AvgIpc) is 2.68. The van der Waals surface area contributed by atoms with Crippen LogP contribution in [-0.4, -0.2) is 28.9 Å². The van der Waals surface area contributed by atoms with Crippen LogP contribution in [-0.2, 0) is 4.79 Å². The van der Waals surface area contributed by atoms with E-state index in [2.05, 4.69) is 0 Å². The van der Waals surface area contributed by atoms with E-state index in [1.165, 1.54) is 7.11 Å². The third-order valence-electron chi connectivity index (χ3n) is 2.52. The predicted molar refractivity (Wildman–Crippen MR) is 64.6 cm³/mol. The number of carbonyl (C=O) groups excluding carboxylic acids is 2. The summed E-state index contributed by atoms with van der Waals surface area (Å²) in [7, 11) is 1.52. The molecule has 2 amide bonds. The van der Waals surface area contributed by atoms with E-state index < -0.39 is 6.17 Å². The zero-order chi connectivity index (χ0) is 12.4. The Morgan fingerprint density at radius 2 is 2.12 bits per heavy atom. The Morgan fingerprint density at radius 3 is 2.71 bits per heavy atom. The van der Waals surface area contributed by atoms with Crippen LogP contribution in [0.2, 0.25) is 0 Å². The number of methoxy groups -OCH3 is 1. The minimum absolute atomic E-state index is 0.154. The Morgan fingerprint density at radius 1 is 1.41 bits per heavy atom. The molecule has 0 saturated carbocycles. The van der Waals surface area contributed by atoms with E-state index in [0.717, 1.165) is 16.7 Å². The first kappa shape index (κ1) is 11.9. The van der Waals surface area contributed by atoms with Gasteiger partial charge in [0.05, 0.1) is 12.9 Å².